The average Bonchev–Trinajstić information content (AvgIpc) is 3.05. The van der Waals surface area contributed by atoms with Gasteiger partial charge in [0, 0.05) is 10.4 Å². The minimum atomic E-state index is -4.36. The summed E-state index contributed by atoms with van der Waals surface area (Å²) in [6.45, 7) is 3.24. The van der Waals surface area contributed by atoms with Crippen LogP contribution in [0.15, 0.2) is 42.5 Å². The number of aryl methyl sites for hydroxylation is 4. The van der Waals surface area contributed by atoms with Gasteiger partial charge >= 0.3 is 6.18 Å². The van der Waals surface area contributed by atoms with Crippen LogP contribution >= 0.6 is 11.3 Å². The highest BCUT2D eigenvalue weighted by molar-refractivity contribution is 7.15. The molecule has 158 valence electrons. The third-order valence-electron chi connectivity index (χ3n) is 4.58. The molecule has 2 aromatic carbocycles. The van der Waals surface area contributed by atoms with Crippen molar-refractivity contribution in [2.75, 3.05) is 6.61 Å². The zero-order chi connectivity index (χ0) is 21.9. The highest BCUT2D eigenvalue weighted by atomic mass is 32.1. The zero-order valence-corrected chi connectivity index (χ0v) is 17.2. The van der Waals surface area contributed by atoms with E-state index < -0.39 is 24.3 Å². The van der Waals surface area contributed by atoms with Crippen LogP contribution in [0.2, 0.25) is 0 Å². The van der Waals surface area contributed by atoms with Gasteiger partial charge < -0.3 is 14.6 Å². The highest BCUT2D eigenvalue weighted by Crippen LogP contribution is 2.33. The summed E-state index contributed by atoms with van der Waals surface area (Å²) in [6.07, 6.45) is -2.87. The van der Waals surface area contributed by atoms with Gasteiger partial charge in [-0.3, -0.25) is 0 Å². The van der Waals surface area contributed by atoms with Crippen molar-refractivity contribution in [2.24, 2.45) is 0 Å². The molecule has 0 bridgehead atoms. The number of carbonyl (C=O) groups is 1. The van der Waals surface area contributed by atoms with Crippen LogP contribution in [0.4, 0.5) is 13.2 Å². The number of hydrogen-bond donors (Lipinski definition) is 0. The first-order valence-electron chi connectivity index (χ1n) is 9.19. The summed E-state index contributed by atoms with van der Waals surface area (Å²) in [4.78, 5) is 16.1. The predicted octanol–water partition coefficient (Wildman–Crippen LogP) is 4.36. The van der Waals surface area contributed by atoms with E-state index in [0.717, 1.165) is 46.7 Å². The SMILES string of the molecule is Cc1cc(CCc2sc(-c3ccc(C(F)(F)F)cc3)nc2C)ccc1OCC(=O)[O-]. The molecule has 3 aromatic rings. The maximum atomic E-state index is 12.7. The number of hydrogen-bond acceptors (Lipinski definition) is 5. The Bertz CT molecular complexity index is 1040. The number of aromatic nitrogens is 1. The second kappa shape index (κ2) is 8.87. The molecule has 0 spiro atoms. The van der Waals surface area contributed by atoms with Crippen LogP contribution in [0.25, 0.3) is 10.6 Å². The molecular formula is C22H19F3NO3S-. The first-order valence-corrected chi connectivity index (χ1v) is 10.0. The second-order valence-corrected chi connectivity index (χ2v) is 7.95. The number of carboxylic acids is 1. The second-order valence-electron chi connectivity index (χ2n) is 6.86. The molecule has 0 fully saturated rings. The number of carbonyl (C=O) groups excluding carboxylic acids is 1. The molecule has 4 nitrogen and oxygen atoms in total. The van der Waals surface area contributed by atoms with Gasteiger partial charge in [-0.2, -0.15) is 13.2 Å². The molecule has 0 aliphatic rings. The number of halogens is 3. The van der Waals surface area contributed by atoms with Crippen LogP contribution in [-0.2, 0) is 23.8 Å². The van der Waals surface area contributed by atoms with E-state index in [-0.39, 0.29) is 0 Å². The van der Waals surface area contributed by atoms with E-state index in [0.29, 0.717) is 16.3 Å². The van der Waals surface area contributed by atoms with Crippen molar-refractivity contribution in [3.8, 4) is 16.3 Å². The molecule has 0 radical (unpaired) electrons. The number of benzene rings is 2. The zero-order valence-electron chi connectivity index (χ0n) is 16.4. The van der Waals surface area contributed by atoms with Gasteiger partial charge in [0.25, 0.3) is 0 Å². The molecule has 0 atom stereocenters. The van der Waals surface area contributed by atoms with Crippen molar-refractivity contribution in [1.29, 1.82) is 0 Å². The van der Waals surface area contributed by atoms with Crippen LogP contribution in [0.5, 0.6) is 5.75 Å². The minimum Gasteiger partial charge on any atom is -0.546 e. The van der Waals surface area contributed by atoms with Gasteiger partial charge in [0.15, 0.2) is 0 Å². The Hall–Kier alpha value is -2.87. The quantitative estimate of drug-likeness (QED) is 0.554. The molecular weight excluding hydrogens is 415 g/mol. The van der Waals surface area contributed by atoms with E-state index in [2.05, 4.69) is 4.98 Å². The number of nitrogens with zero attached hydrogens (tertiary/aromatic N) is 1. The van der Waals surface area contributed by atoms with Gasteiger partial charge in [0.05, 0.1) is 17.2 Å². The molecule has 1 aromatic heterocycles. The van der Waals surface area contributed by atoms with Crippen LogP contribution < -0.4 is 9.84 Å². The lowest BCUT2D eigenvalue weighted by Crippen LogP contribution is -2.29. The Morgan fingerprint density at radius 3 is 2.40 bits per heavy atom. The van der Waals surface area contributed by atoms with Gasteiger partial charge in [-0.25, -0.2) is 4.98 Å². The smallest absolute Gasteiger partial charge is 0.416 e. The van der Waals surface area contributed by atoms with Crippen molar-refractivity contribution in [1.82, 2.24) is 4.98 Å². The van der Waals surface area contributed by atoms with Crippen molar-refractivity contribution in [2.45, 2.75) is 32.9 Å². The Morgan fingerprint density at radius 2 is 1.80 bits per heavy atom. The van der Waals surface area contributed by atoms with E-state index in [1.165, 1.54) is 23.5 Å². The Morgan fingerprint density at radius 1 is 1.10 bits per heavy atom. The van der Waals surface area contributed by atoms with Gasteiger partial charge in [0.2, 0.25) is 0 Å². The summed E-state index contributed by atoms with van der Waals surface area (Å²) in [5.41, 5.74) is 2.74. The first kappa shape index (κ1) is 21.8. The largest absolute Gasteiger partial charge is 0.546 e. The Kier molecular flexibility index (Phi) is 6.45. The van der Waals surface area contributed by atoms with Crippen LogP contribution in [0.1, 0.15) is 27.3 Å². The predicted molar refractivity (Wildman–Crippen MR) is 106 cm³/mol. The van der Waals surface area contributed by atoms with Gasteiger partial charge in [0.1, 0.15) is 17.4 Å². The van der Waals surface area contributed by atoms with Gasteiger partial charge in [-0.15, -0.1) is 11.3 Å². The number of thiazole rings is 1. The topological polar surface area (TPSA) is 62.2 Å². The molecule has 3 rings (SSSR count). The fourth-order valence-corrected chi connectivity index (χ4v) is 4.08. The lowest BCUT2D eigenvalue weighted by molar-refractivity contribution is -0.307. The van der Waals surface area contributed by atoms with Crippen molar-refractivity contribution in [3.05, 3.63) is 69.7 Å². The number of rotatable bonds is 7. The molecule has 0 aliphatic heterocycles. The van der Waals surface area contributed by atoms with E-state index in [1.807, 2.05) is 26.0 Å². The highest BCUT2D eigenvalue weighted by Gasteiger charge is 2.30. The standard InChI is InChI=1S/C22H20F3NO3S/c1-13-11-15(3-9-18(13)29-12-20(27)28)4-10-19-14(2)26-21(30-19)16-5-7-17(8-6-16)22(23,24)25/h3,5-9,11H,4,10,12H2,1-2H3,(H,27,28)/p-1. The van der Waals surface area contributed by atoms with E-state index in [1.54, 1.807) is 6.07 Å². The molecule has 0 N–H and O–H groups in total. The third-order valence-corrected chi connectivity index (χ3v) is 5.84. The summed E-state index contributed by atoms with van der Waals surface area (Å²) < 4.78 is 43.4. The van der Waals surface area contributed by atoms with Gasteiger partial charge in [-0.05, 0) is 56.0 Å². The normalized spacial score (nSPS) is 11.5. The van der Waals surface area contributed by atoms with Crippen molar-refractivity contribution < 1.29 is 27.8 Å². The van der Waals surface area contributed by atoms with E-state index >= 15 is 0 Å². The summed E-state index contributed by atoms with van der Waals surface area (Å²) in [5, 5.41) is 11.2. The molecule has 30 heavy (non-hydrogen) atoms. The lowest BCUT2D eigenvalue weighted by atomic mass is 10.1. The molecule has 0 aliphatic carbocycles. The number of ether oxygens (including phenoxy) is 1. The number of alkyl halides is 3. The molecule has 0 unspecified atom stereocenters. The molecule has 0 amide bonds. The summed E-state index contributed by atoms with van der Waals surface area (Å²) in [6, 6.07) is 10.6. The Labute approximate surface area is 176 Å². The lowest BCUT2D eigenvalue weighted by Gasteiger charge is -2.11. The summed E-state index contributed by atoms with van der Waals surface area (Å²) >= 11 is 1.47. The fraction of sp³-hybridized carbons (Fsp3) is 0.273. The van der Waals surface area contributed by atoms with Crippen LogP contribution in [-0.4, -0.2) is 17.6 Å². The average molecular weight is 434 g/mol. The first-order chi connectivity index (χ1) is 14.1. The molecule has 1 heterocycles. The van der Waals surface area contributed by atoms with Crippen LogP contribution in [0.3, 0.4) is 0 Å². The molecule has 0 saturated carbocycles. The van der Waals surface area contributed by atoms with Crippen LogP contribution in [0, 0.1) is 13.8 Å². The molecule has 8 heteroatoms. The van der Waals surface area contributed by atoms with E-state index in [4.69, 9.17) is 4.74 Å². The maximum absolute atomic E-state index is 12.7. The maximum Gasteiger partial charge on any atom is 0.416 e. The third kappa shape index (κ3) is 5.38. The fourth-order valence-electron chi connectivity index (χ4n) is 3.01. The summed E-state index contributed by atoms with van der Waals surface area (Å²) in [7, 11) is 0. The monoisotopic (exact) mass is 434 g/mol. The van der Waals surface area contributed by atoms with E-state index in [9.17, 15) is 23.1 Å². The van der Waals surface area contributed by atoms with Gasteiger partial charge in [-0.1, -0.05) is 24.3 Å². The Balaban J connectivity index is 1.68. The summed E-state index contributed by atoms with van der Waals surface area (Å²) in [5.74, 6) is -0.774. The number of carboxylic acid groups (broad SMARTS) is 1. The van der Waals surface area contributed by atoms with Crippen molar-refractivity contribution >= 4 is 17.3 Å². The minimum absolute atomic E-state index is 0.493. The van der Waals surface area contributed by atoms with Crippen molar-refractivity contribution in [3.63, 3.8) is 0 Å². The molecule has 0 saturated heterocycles. The number of aliphatic carboxylic acids is 1.